The van der Waals surface area contributed by atoms with Gasteiger partial charge in [-0.05, 0) is 91.6 Å². The summed E-state index contributed by atoms with van der Waals surface area (Å²) in [6.45, 7) is 0. The topological polar surface area (TPSA) is 171 Å². The molecule has 270 valence electrons. The Bertz CT molecular complexity index is 1760. The second kappa shape index (κ2) is 16.8. The van der Waals surface area contributed by atoms with E-state index in [0.29, 0.717) is 55.8 Å². The molecule has 10 nitrogen and oxygen atoms in total. The third kappa shape index (κ3) is 8.29. The molecular weight excluding hydrogens is 772 g/mol. The fourth-order valence-corrected chi connectivity index (χ4v) is 8.00. The van der Waals surface area contributed by atoms with Crippen molar-refractivity contribution < 1.29 is 38.8 Å². The fourth-order valence-electron chi connectivity index (χ4n) is 6.87. The Labute approximate surface area is 310 Å². The first-order valence-corrected chi connectivity index (χ1v) is 17.2. The van der Waals surface area contributed by atoms with Gasteiger partial charge in [-0.15, -0.1) is 0 Å². The second-order valence-electron chi connectivity index (χ2n) is 12.4. The highest BCUT2D eigenvalue weighted by atomic mass is 79.9. The molecule has 1 spiro atoms. The van der Waals surface area contributed by atoms with Crippen LogP contribution in [0.1, 0.15) is 62.8 Å². The van der Waals surface area contributed by atoms with Gasteiger partial charge in [-0.3, -0.25) is 14.4 Å². The minimum absolute atomic E-state index is 0. The molecule has 3 aromatic carbocycles. The van der Waals surface area contributed by atoms with Gasteiger partial charge in [0.05, 0.1) is 19.6 Å². The predicted octanol–water partition coefficient (Wildman–Crippen LogP) is 6.84. The molecule has 50 heavy (non-hydrogen) atoms. The zero-order valence-corrected chi connectivity index (χ0v) is 29.8. The van der Waals surface area contributed by atoms with E-state index in [1.54, 1.807) is 49.6 Å². The zero-order valence-electron chi connectivity index (χ0n) is 26.6. The number of hydrogen-bond donors (Lipinski definition) is 4. The Morgan fingerprint density at radius 3 is 2.30 bits per heavy atom. The number of ether oxygens (including phenoxy) is 3. The highest BCUT2D eigenvalue weighted by molar-refractivity contribution is 9.10. The van der Waals surface area contributed by atoms with Gasteiger partial charge in [0.25, 0.3) is 0 Å². The van der Waals surface area contributed by atoms with Crippen LogP contribution in [-0.4, -0.2) is 48.1 Å². The number of aromatic hydroxyl groups is 2. The number of amides is 2. The lowest BCUT2D eigenvalue weighted by Gasteiger charge is -2.35. The lowest BCUT2D eigenvalue weighted by Crippen LogP contribution is -2.43. The maximum Gasteiger partial charge on any atom is 0.220 e. The predicted molar refractivity (Wildman–Crippen MR) is 200 cm³/mol. The average Bonchev–Trinajstić information content (AvgIpc) is 3.26. The van der Waals surface area contributed by atoms with Gasteiger partial charge in [0.1, 0.15) is 11.9 Å². The van der Waals surface area contributed by atoms with Crippen LogP contribution in [0, 0.1) is 11.8 Å². The van der Waals surface area contributed by atoms with E-state index in [9.17, 15) is 24.6 Å². The number of allylic oxidation sites excluding steroid dienone is 1. The maximum absolute atomic E-state index is 11.9. The monoisotopic (exact) mass is 816 g/mol. The highest BCUT2D eigenvalue weighted by Crippen LogP contribution is 2.58. The summed E-state index contributed by atoms with van der Waals surface area (Å²) in [4.78, 5) is 35.6. The van der Waals surface area contributed by atoms with E-state index in [1.165, 1.54) is 7.11 Å². The van der Waals surface area contributed by atoms with Gasteiger partial charge >= 0.3 is 0 Å². The first-order chi connectivity index (χ1) is 22.9. The molecule has 4 unspecified atom stereocenters. The quantitative estimate of drug-likeness (QED) is 0.182. The summed E-state index contributed by atoms with van der Waals surface area (Å²) < 4.78 is 18.5. The summed E-state index contributed by atoms with van der Waals surface area (Å²) in [5, 5.41) is 19.2. The van der Waals surface area contributed by atoms with E-state index >= 15 is 0 Å². The lowest BCUT2D eigenvalue weighted by atomic mass is 9.67. The van der Waals surface area contributed by atoms with Crippen molar-refractivity contribution >= 4 is 49.5 Å². The molecule has 0 fully saturated rings. The Kier molecular flexibility index (Phi) is 13.6. The number of primary amides is 2. The summed E-state index contributed by atoms with van der Waals surface area (Å²) in [5.74, 6) is 0.791. The van der Waals surface area contributed by atoms with Crippen molar-refractivity contribution in [1.29, 1.82) is 0 Å². The van der Waals surface area contributed by atoms with E-state index in [2.05, 4.69) is 31.9 Å². The molecule has 1 aliphatic heterocycles. The minimum atomic E-state index is -0.494. The normalized spacial score (nSPS) is 20.2. The molecule has 4 atom stereocenters. The number of aryl methyl sites for hydroxylation is 1. The molecule has 1 heterocycles. The number of phenols is 2. The summed E-state index contributed by atoms with van der Waals surface area (Å²) >= 11 is 7.09. The van der Waals surface area contributed by atoms with Gasteiger partial charge < -0.3 is 35.9 Å². The third-order valence-electron chi connectivity index (χ3n) is 9.43. The number of halogens is 2. The first-order valence-electron chi connectivity index (χ1n) is 15.6. The smallest absolute Gasteiger partial charge is 0.220 e. The van der Waals surface area contributed by atoms with Gasteiger partial charge in [-0.25, -0.2) is 0 Å². The van der Waals surface area contributed by atoms with Crippen LogP contribution in [-0.2, 0) is 39.1 Å². The molecule has 12 heteroatoms. The molecule has 2 amide bonds. The first kappa shape index (κ1) is 40.4. The molecule has 6 rings (SSSR count). The van der Waals surface area contributed by atoms with Crippen LogP contribution in [0.3, 0.4) is 0 Å². The van der Waals surface area contributed by atoms with Crippen molar-refractivity contribution in [3.8, 4) is 28.7 Å². The van der Waals surface area contributed by atoms with Gasteiger partial charge in [-0.2, -0.15) is 0 Å². The van der Waals surface area contributed by atoms with Crippen molar-refractivity contribution in [1.82, 2.24) is 0 Å². The standard InChI is InChI=1S/C18H18BrNO4.C18H20BrNO4.2CH4/c1-23-13-7-12(19)11-3-2-9(17(20)22)8-18-5-4-10(21)6-14(18)24-16(13)15(11)18;1-24-17-10-15(19)12(9-16(17)22)4-5-13(18(20)23)8-11-2-6-14(21)7-3-11;;/h4-5,7,9,14H,2-3,6,8H2,1H3,(H2,20,22);2-3,6-7,9-10,13,21-22H,4-5,8H2,1H3,(H2,20,23);2*1H4. The van der Waals surface area contributed by atoms with Gasteiger partial charge in [-0.1, -0.05) is 64.9 Å². The number of carbonyl (C=O) groups excluding carboxylic acids is 3. The van der Waals surface area contributed by atoms with Gasteiger partial charge in [0.15, 0.2) is 28.8 Å². The number of methoxy groups -OCH3 is 2. The number of phenolic OH excluding ortho intramolecular Hbond substituents is 2. The Balaban J connectivity index is 0.000000260. The van der Waals surface area contributed by atoms with Crippen LogP contribution in [0.25, 0.3) is 0 Å². The molecule has 0 radical (unpaired) electrons. The van der Waals surface area contributed by atoms with E-state index in [4.69, 9.17) is 25.7 Å². The largest absolute Gasteiger partial charge is 0.508 e. The summed E-state index contributed by atoms with van der Waals surface area (Å²) in [6, 6.07) is 12.0. The fraction of sp³-hybridized carbons (Fsp3) is 0.395. The summed E-state index contributed by atoms with van der Waals surface area (Å²) in [6.07, 6.45) is 7.18. The highest BCUT2D eigenvalue weighted by Gasteiger charge is 2.54. The molecule has 6 N–H and O–H groups in total. The van der Waals surface area contributed by atoms with Crippen molar-refractivity contribution in [3.05, 3.63) is 85.8 Å². The van der Waals surface area contributed by atoms with Crippen molar-refractivity contribution in [2.75, 3.05) is 14.2 Å². The van der Waals surface area contributed by atoms with E-state index in [-0.39, 0.29) is 61.9 Å². The summed E-state index contributed by atoms with van der Waals surface area (Å²) in [7, 11) is 3.09. The van der Waals surface area contributed by atoms with E-state index < -0.39 is 5.41 Å². The maximum atomic E-state index is 11.9. The molecule has 0 bridgehead atoms. The van der Waals surface area contributed by atoms with Crippen LogP contribution < -0.4 is 25.7 Å². The van der Waals surface area contributed by atoms with Gasteiger partial charge in [0, 0.05) is 32.8 Å². The second-order valence-corrected chi connectivity index (χ2v) is 14.1. The molecule has 3 aliphatic rings. The Morgan fingerprint density at radius 2 is 1.68 bits per heavy atom. The van der Waals surface area contributed by atoms with Crippen LogP contribution >= 0.6 is 31.9 Å². The SMILES string of the molecule is C.C.COc1cc(Br)c(CCC(Cc2ccc(O)cc2)C(N)=O)cc1O.COc1cc(Br)c2c3c1OC1CC(=O)C=CC31CC(C(N)=O)CC2. The molecular formula is C38H46Br2N2O8. The van der Waals surface area contributed by atoms with Crippen LogP contribution in [0.2, 0.25) is 0 Å². The van der Waals surface area contributed by atoms with Gasteiger partial charge in [0.2, 0.25) is 11.8 Å². The number of rotatable bonds is 9. The van der Waals surface area contributed by atoms with E-state index in [0.717, 1.165) is 37.6 Å². The van der Waals surface area contributed by atoms with Crippen LogP contribution in [0.15, 0.2) is 63.6 Å². The van der Waals surface area contributed by atoms with Crippen LogP contribution in [0.5, 0.6) is 28.7 Å². The Hall–Kier alpha value is -4.03. The zero-order chi connectivity index (χ0) is 34.7. The van der Waals surface area contributed by atoms with E-state index in [1.807, 2.05) is 12.1 Å². The van der Waals surface area contributed by atoms with Crippen molar-refractivity contribution in [3.63, 3.8) is 0 Å². The molecule has 0 aromatic heterocycles. The molecule has 2 aliphatic carbocycles. The lowest BCUT2D eigenvalue weighted by molar-refractivity contribution is -0.123. The minimum Gasteiger partial charge on any atom is -0.508 e. The number of benzene rings is 3. The molecule has 0 saturated heterocycles. The molecule has 3 aromatic rings. The number of nitrogens with two attached hydrogens (primary N) is 2. The van der Waals surface area contributed by atoms with Crippen molar-refractivity contribution in [2.45, 2.75) is 71.3 Å². The number of carbonyl (C=O) groups is 3. The number of hydrogen-bond acceptors (Lipinski definition) is 8. The number of ketones is 1. The Morgan fingerprint density at radius 1 is 1.02 bits per heavy atom. The third-order valence-corrected chi connectivity index (χ3v) is 10.9. The average molecular weight is 819 g/mol. The van der Waals surface area contributed by atoms with Crippen LogP contribution in [0.4, 0.5) is 0 Å². The summed E-state index contributed by atoms with van der Waals surface area (Å²) in [5.41, 5.74) is 14.7. The van der Waals surface area contributed by atoms with Crippen molar-refractivity contribution in [2.24, 2.45) is 23.3 Å². The molecule has 0 saturated carbocycles.